The molecular weight excluding hydrogens is 380 g/mol. The van der Waals surface area contributed by atoms with Gasteiger partial charge in [-0.15, -0.1) is 22.9 Å². The first-order valence-electron chi connectivity index (χ1n) is 9.65. The van der Waals surface area contributed by atoms with E-state index in [0.717, 1.165) is 36.8 Å². The van der Waals surface area contributed by atoms with Crippen molar-refractivity contribution in [3.05, 3.63) is 41.4 Å². The number of hydrogen-bond acceptors (Lipinski definition) is 4. The summed E-state index contributed by atoms with van der Waals surface area (Å²) in [4.78, 5) is 17.0. The Morgan fingerprint density at radius 3 is 2.67 bits per heavy atom. The van der Waals surface area contributed by atoms with E-state index in [1.165, 1.54) is 30.6 Å². The predicted molar refractivity (Wildman–Crippen MR) is 108 cm³/mol. The Balaban J connectivity index is 1.26. The van der Waals surface area contributed by atoms with E-state index in [1.54, 1.807) is 0 Å². The summed E-state index contributed by atoms with van der Waals surface area (Å²) in [6, 6.07) is 9.36. The number of aromatic nitrogens is 1. The Labute approximate surface area is 168 Å². The third-order valence-electron chi connectivity index (χ3n) is 6.40. The Hall–Kier alpha value is -1.59. The molecule has 0 radical (unpaired) electrons. The van der Waals surface area contributed by atoms with Crippen LogP contribution >= 0.6 is 22.9 Å². The van der Waals surface area contributed by atoms with Crippen molar-refractivity contribution in [2.24, 2.45) is 11.8 Å². The first kappa shape index (κ1) is 17.5. The molecule has 1 heterocycles. The molecule has 2 aromatic rings. The largest absolute Gasteiger partial charge is 0.484 e. The topological polar surface area (TPSA) is 51.2 Å². The fourth-order valence-electron chi connectivity index (χ4n) is 5.85. The molecule has 6 heteroatoms. The number of benzene rings is 1. The second-order valence-electron chi connectivity index (χ2n) is 8.58. The van der Waals surface area contributed by atoms with E-state index in [0.29, 0.717) is 10.9 Å². The number of thiazole rings is 1. The third kappa shape index (κ3) is 3.36. The molecule has 4 aliphatic carbocycles. The second-order valence-corrected chi connectivity index (χ2v) is 10.2. The van der Waals surface area contributed by atoms with E-state index >= 15 is 0 Å². The first-order chi connectivity index (χ1) is 13.0. The van der Waals surface area contributed by atoms with E-state index in [4.69, 9.17) is 21.3 Å². The Kier molecular flexibility index (Phi) is 4.21. The van der Waals surface area contributed by atoms with Crippen LogP contribution in [0.5, 0.6) is 5.75 Å². The van der Waals surface area contributed by atoms with Gasteiger partial charge in [0.1, 0.15) is 5.75 Å². The maximum Gasteiger partial charge on any atom is 0.264 e. The minimum atomic E-state index is -0.181. The molecule has 1 N–H and O–H groups in total. The standard InChI is InChI=1S/C21H23ClN2O2S/c22-21-9-14-6-15(10-21)8-20(7-14,13-21)17-12-27-19(23-17)24-18(25)11-26-16-4-2-1-3-5-16/h1-5,12,14-15H,6-11,13H2,(H,23,24,25)/t14-,15+,20?,21?. The maximum absolute atomic E-state index is 12.2. The quantitative estimate of drug-likeness (QED) is 0.717. The molecule has 4 fully saturated rings. The summed E-state index contributed by atoms with van der Waals surface area (Å²) >= 11 is 8.46. The summed E-state index contributed by atoms with van der Waals surface area (Å²) in [6.07, 6.45) is 7.09. The molecule has 0 saturated heterocycles. The summed E-state index contributed by atoms with van der Waals surface area (Å²) < 4.78 is 5.51. The highest BCUT2D eigenvalue weighted by molar-refractivity contribution is 7.14. The minimum Gasteiger partial charge on any atom is -0.484 e. The summed E-state index contributed by atoms with van der Waals surface area (Å²) in [5, 5.41) is 5.67. The van der Waals surface area contributed by atoms with Gasteiger partial charge in [-0.2, -0.15) is 0 Å². The first-order valence-corrected chi connectivity index (χ1v) is 10.9. The number of nitrogens with zero attached hydrogens (tertiary/aromatic N) is 1. The van der Waals surface area contributed by atoms with Crippen LogP contribution < -0.4 is 10.1 Å². The fourth-order valence-corrected chi connectivity index (χ4v) is 7.39. The molecule has 142 valence electrons. The molecule has 1 aromatic carbocycles. The van der Waals surface area contributed by atoms with Crippen molar-refractivity contribution >= 4 is 34.0 Å². The van der Waals surface area contributed by atoms with Crippen molar-refractivity contribution < 1.29 is 9.53 Å². The molecule has 6 rings (SSSR count). The van der Waals surface area contributed by atoms with Gasteiger partial charge in [-0.25, -0.2) is 4.98 Å². The monoisotopic (exact) mass is 402 g/mol. The number of carbonyl (C=O) groups excluding carboxylic acids is 1. The normalized spacial score (nSPS) is 33.8. The molecule has 4 saturated carbocycles. The number of carbonyl (C=O) groups is 1. The summed E-state index contributed by atoms with van der Waals surface area (Å²) in [5.41, 5.74) is 1.25. The van der Waals surface area contributed by atoms with Gasteiger partial charge in [0.25, 0.3) is 5.91 Å². The van der Waals surface area contributed by atoms with Gasteiger partial charge >= 0.3 is 0 Å². The van der Waals surface area contributed by atoms with E-state index in [-0.39, 0.29) is 22.8 Å². The molecule has 4 aliphatic rings. The average Bonchev–Trinajstić information content (AvgIpc) is 3.08. The highest BCUT2D eigenvalue weighted by atomic mass is 35.5. The van der Waals surface area contributed by atoms with E-state index < -0.39 is 0 Å². The van der Waals surface area contributed by atoms with Gasteiger partial charge in [0.05, 0.1) is 5.69 Å². The summed E-state index contributed by atoms with van der Waals surface area (Å²) in [6.45, 7) is -0.0149. The number of hydrogen-bond donors (Lipinski definition) is 1. The number of alkyl halides is 1. The fraction of sp³-hybridized carbons (Fsp3) is 0.524. The molecular formula is C21H23ClN2O2S. The highest BCUT2D eigenvalue weighted by Gasteiger charge is 2.58. The van der Waals surface area contributed by atoms with Gasteiger partial charge in [-0.05, 0) is 62.5 Å². The number of rotatable bonds is 5. The van der Waals surface area contributed by atoms with Crippen molar-refractivity contribution in [1.82, 2.24) is 4.98 Å². The van der Waals surface area contributed by atoms with Crippen LogP contribution in [0.1, 0.15) is 44.2 Å². The number of halogens is 1. The molecule has 0 spiro atoms. The Morgan fingerprint density at radius 1 is 1.22 bits per heavy atom. The number of nitrogens with one attached hydrogen (secondary N) is 1. The lowest BCUT2D eigenvalue weighted by atomic mass is 9.48. The van der Waals surface area contributed by atoms with Gasteiger partial charge < -0.3 is 4.74 Å². The Bertz CT molecular complexity index is 839. The average molecular weight is 403 g/mol. The third-order valence-corrected chi connectivity index (χ3v) is 7.60. The number of amides is 1. The van der Waals surface area contributed by atoms with E-state index in [1.807, 2.05) is 30.3 Å². The zero-order valence-corrected chi connectivity index (χ0v) is 16.7. The lowest BCUT2D eigenvalue weighted by Gasteiger charge is -2.59. The van der Waals surface area contributed by atoms with Crippen molar-refractivity contribution in [2.45, 2.75) is 48.8 Å². The predicted octanol–water partition coefficient (Wildman–Crippen LogP) is 4.99. The van der Waals surface area contributed by atoms with Gasteiger partial charge in [0, 0.05) is 15.7 Å². The second kappa shape index (κ2) is 6.49. The highest BCUT2D eigenvalue weighted by Crippen LogP contribution is 2.64. The summed E-state index contributed by atoms with van der Waals surface area (Å²) in [7, 11) is 0. The molecule has 2 unspecified atom stereocenters. The summed E-state index contributed by atoms with van der Waals surface area (Å²) in [5.74, 6) is 1.98. The van der Waals surface area contributed by atoms with Gasteiger partial charge in [-0.3, -0.25) is 10.1 Å². The maximum atomic E-state index is 12.2. The van der Waals surface area contributed by atoms with Gasteiger partial charge in [-0.1, -0.05) is 18.2 Å². The number of ether oxygens (including phenoxy) is 1. The molecule has 4 atom stereocenters. The van der Waals surface area contributed by atoms with Crippen LogP contribution in [0.25, 0.3) is 0 Å². The van der Waals surface area contributed by atoms with Crippen LogP contribution in [-0.2, 0) is 10.2 Å². The number of anilines is 1. The van der Waals surface area contributed by atoms with Crippen LogP contribution in [-0.4, -0.2) is 22.4 Å². The lowest BCUT2D eigenvalue weighted by Crippen LogP contribution is -2.55. The van der Waals surface area contributed by atoms with E-state index in [9.17, 15) is 4.79 Å². The van der Waals surface area contributed by atoms with Crippen molar-refractivity contribution in [3.63, 3.8) is 0 Å². The molecule has 0 aliphatic heterocycles. The van der Waals surface area contributed by atoms with Gasteiger partial charge in [0.15, 0.2) is 11.7 Å². The lowest BCUT2D eigenvalue weighted by molar-refractivity contribution is -0.118. The van der Waals surface area contributed by atoms with Crippen LogP contribution in [0.4, 0.5) is 5.13 Å². The van der Waals surface area contributed by atoms with Crippen molar-refractivity contribution in [2.75, 3.05) is 11.9 Å². The Morgan fingerprint density at radius 2 is 1.96 bits per heavy atom. The molecule has 4 bridgehead atoms. The van der Waals surface area contributed by atoms with Crippen molar-refractivity contribution in [1.29, 1.82) is 0 Å². The zero-order valence-electron chi connectivity index (χ0n) is 15.1. The molecule has 1 amide bonds. The molecule has 4 nitrogen and oxygen atoms in total. The molecule has 27 heavy (non-hydrogen) atoms. The van der Waals surface area contributed by atoms with E-state index in [2.05, 4.69) is 10.7 Å². The number of para-hydroxylation sites is 1. The van der Waals surface area contributed by atoms with Crippen LogP contribution in [0.15, 0.2) is 35.7 Å². The minimum absolute atomic E-state index is 0.0149. The van der Waals surface area contributed by atoms with Crippen LogP contribution in [0, 0.1) is 11.8 Å². The zero-order chi connectivity index (χ0) is 18.5. The molecule has 1 aromatic heterocycles. The SMILES string of the molecule is O=C(COc1ccccc1)Nc1nc(C23C[C@@H]4C[C@@H](CC(Cl)(C4)C2)C3)cs1. The smallest absolute Gasteiger partial charge is 0.264 e. The van der Waals surface area contributed by atoms with Gasteiger partial charge in [0.2, 0.25) is 0 Å². The van der Waals surface area contributed by atoms with Crippen molar-refractivity contribution in [3.8, 4) is 5.75 Å². The van der Waals surface area contributed by atoms with Crippen LogP contribution in [0.3, 0.4) is 0 Å². The van der Waals surface area contributed by atoms with Crippen LogP contribution in [0.2, 0.25) is 0 Å².